The van der Waals surface area contributed by atoms with Gasteiger partial charge in [0.05, 0.1) is 19.3 Å². The topological polar surface area (TPSA) is 76.2 Å². The molecular weight excluding hydrogens is 376 g/mol. The van der Waals surface area contributed by atoms with Crippen LogP contribution in [0.3, 0.4) is 0 Å². The number of rotatable bonds is 6. The first-order valence-electron chi connectivity index (χ1n) is 10.5. The normalized spacial score (nSPS) is 17.0. The summed E-state index contributed by atoms with van der Waals surface area (Å²) in [4.78, 5) is 7.30. The first-order valence-corrected chi connectivity index (χ1v) is 10.5. The quantitative estimate of drug-likeness (QED) is 0.501. The van der Waals surface area contributed by atoms with E-state index in [2.05, 4.69) is 56.0 Å². The minimum absolute atomic E-state index is 0.606. The number of likely N-dealkylation sites (tertiary alicyclic amines) is 1. The highest BCUT2D eigenvalue weighted by Crippen LogP contribution is 2.21. The Balaban J connectivity index is 1.44. The van der Waals surface area contributed by atoms with Gasteiger partial charge in [0.1, 0.15) is 5.82 Å². The van der Waals surface area contributed by atoms with E-state index in [9.17, 15) is 0 Å². The molecule has 1 aliphatic heterocycles. The molecule has 0 bridgehead atoms. The summed E-state index contributed by atoms with van der Waals surface area (Å²) >= 11 is 0. The number of aromatic nitrogens is 5. The highest BCUT2D eigenvalue weighted by atomic mass is 15.3. The molecule has 2 aromatic heterocycles. The van der Waals surface area contributed by atoms with Gasteiger partial charge in [-0.25, -0.2) is 4.99 Å². The second-order valence-electron chi connectivity index (χ2n) is 8.03. The van der Waals surface area contributed by atoms with E-state index < -0.39 is 0 Å². The fraction of sp³-hybridized carbons (Fsp3) is 0.455. The average molecular weight is 407 g/mol. The van der Waals surface area contributed by atoms with Gasteiger partial charge in [0, 0.05) is 33.4 Å². The molecule has 1 aliphatic rings. The minimum Gasteiger partial charge on any atom is -0.349 e. The van der Waals surface area contributed by atoms with E-state index in [0.717, 1.165) is 43.5 Å². The van der Waals surface area contributed by atoms with E-state index in [-0.39, 0.29) is 0 Å². The molecule has 0 amide bonds. The number of aryl methyl sites for hydroxylation is 2. The van der Waals surface area contributed by atoms with E-state index >= 15 is 0 Å². The van der Waals surface area contributed by atoms with Crippen LogP contribution in [0.1, 0.15) is 29.2 Å². The van der Waals surface area contributed by atoms with Crippen LogP contribution in [0, 0.1) is 12.8 Å². The van der Waals surface area contributed by atoms with E-state index in [1.54, 1.807) is 0 Å². The number of nitrogens with zero attached hydrogens (tertiary/aromatic N) is 7. The van der Waals surface area contributed by atoms with Crippen molar-refractivity contribution in [2.45, 2.75) is 32.9 Å². The fourth-order valence-corrected chi connectivity index (χ4v) is 3.88. The van der Waals surface area contributed by atoms with Crippen LogP contribution < -0.4 is 5.32 Å². The van der Waals surface area contributed by atoms with Crippen LogP contribution >= 0.6 is 0 Å². The van der Waals surface area contributed by atoms with E-state index in [0.29, 0.717) is 19.0 Å². The molecule has 30 heavy (non-hydrogen) atoms. The molecule has 0 saturated carbocycles. The van der Waals surface area contributed by atoms with Gasteiger partial charge >= 0.3 is 0 Å². The van der Waals surface area contributed by atoms with Gasteiger partial charge in [-0.15, -0.1) is 10.2 Å². The van der Waals surface area contributed by atoms with Crippen molar-refractivity contribution in [3.63, 3.8) is 0 Å². The highest BCUT2D eigenvalue weighted by molar-refractivity contribution is 5.80. The third kappa shape index (κ3) is 4.87. The number of hydrogen-bond acceptors (Lipinski definition) is 4. The lowest BCUT2D eigenvalue weighted by molar-refractivity contribution is 0.456. The Morgan fingerprint density at radius 3 is 2.70 bits per heavy atom. The van der Waals surface area contributed by atoms with Gasteiger partial charge in [0.2, 0.25) is 0 Å². The van der Waals surface area contributed by atoms with Crippen molar-refractivity contribution in [3.05, 3.63) is 65.5 Å². The smallest absolute Gasteiger partial charge is 0.194 e. The first-order chi connectivity index (χ1) is 14.6. The molecular formula is C22H30N8. The molecule has 3 aromatic rings. The Morgan fingerprint density at radius 2 is 2.00 bits per heavy atom. The maximum atomic E-state index is 4.93. The maximum Gasteiger partial charge on any atom is 0.194 e. The Morgan fingerprint density at radius 1 is 1.17 bits per heavy atom. The minimum atomic E-state index is 0.606. The molecule has 8 heteroatoms. The monoisotopic (exact) mass is 406 g/mol. The van der Waals surface area contributed by atoms with Crippen molar-refractivity contribution in [1.82, 2.24) is 34.8 Å². The Hall–Kier alpha value is -3.16. The zero-order chi connectivity index (χ0) is 20.9. The van der Waals surface area contributed by atoms with Gasteiger partial charge in [-0.2, -0.15) is 5.10 Å². The van der Waals surface area contributed by atoms with Crippen LogP contribution in [-0.4, -0.2) is 48.5 Å². The first kappa shape index (κ1) is 20.1. The Bertz CT molecular complexity index is 988. The maximum absolute atomic E-state index is 4.93. The van der Waals surface area contributed by atoms with Crippen molar-refractivity contribution in [1.29, 1.82) is 0 Å². The van der Waals surface area contributed by atoms with Crippen LogP contribution in [0.4, 0.5) is 0 Å². The summed E-state index contributed by atoms with van der Waals surface area (Å²) in [6.07, 6.45) is 6.30. The lowest BCUT2D eigenvalue weighted by Crippen LogP contribution is -2.40. The third-order valence-electron chi connectivity index (χ3n) is 5.71. The molecule has 1 fully saturated rings. The molecule has 0 spiro atoms. The summed E-state index contributed by atoms with van der Waals surface area (Å²) in [6, 6.07) is 10.4. The molecule has 1 aromatic carbocycles. The number of nitrogens with one attached hydrogen (secondary N) is 1. The zero-order valence-corrected chi connectivity index (χ0v) is 18.0. The molecule has 1 N–H and O–H groups in total. The van der Waals surface area contributed by atoms with Gasteiger partial charge in [0.25, 0.3) is 0 Å². The zero-order valence-electron chi connectivity index (χ0n) is 18.0. The second kappa shape index (κ2) is 9.11. The number of hydrogen-bond donors (Lipinski definition) is 1. The summed E-state index contributed by atoms with van der Waals surface area (Å²) in [7, 11) is 3.96. The van der Waals surface area contributed by atoms with Gasteiger partial charge in [-0.05, 0) is 36.8 Å². The number of benzene rings is 1. The van der Waals surface area contributed by atoms with E-state index in [4.69, 9.17) is 4.99 Å². The molecule has 1 unspecified atom stereocenters. The third-order valence-corrected chi connectivity index (χ3v) is 5.71. The van der Waals surface area contributed by atoms with Crippen molar-refractivity contribution in [3.8, 4) is 0 Å². The summed E-state index contributed by atoms with van der Waals surface area (Å²) in [5.74, 6) is 3.36. The lowest BCUT2D eigenvalue weighted by Gasteiger charge is -2.22. The van der Waals surface area contributed by atoms with Gasteiger partial charge in [-0.3, -0.25) is 4.68 Å². The predicted octanol–water partition coefficient (Wildman–Crippen LogP) is 2.07. The van der Waals surface area contributed by atoms with Crippen molar-refractivity contribution >= 4 is 5.96 Å². The van der Waals surface area contributed by atoms with Crippen molar-refractivity contribution < 1.29 is 0 Å². The predicted molar refractivity (Wildman–Crippen MR) is 117 cm³/mol. The summed E-state index contributed by atoms with van der Waals surface area (Å²) in [6.45, 7) is 5.22. The SMILES string of the molecule is Cc1nnc(CNC(=NCc2ccccc2)N2CCC(Cc3cnn(C)c3)C2)n1C. The van der Waals surface area contributed by atoms with Crippen LogP contribution in [0.2, 0.25) is 0 Å². The molecule has 4 rings (SSSR count). The summed E-state index contributed by atoms with van der Waals surface area (Å²) in [5, 5.41) is 16.3. The van der Waals surface area contributed by atoms with E-state index in [1.807, 2.05) is 42.5 Å². The highest BCUT2D eigenvalue weighted by Gasteiger charge is 2.25. The van der Waals surface area contributed by atoms with Crippen LogP contribution in [0.25, 0.3) is 0 Å². The molecule has 0 radical (unpaired) electrons. The summed E-state index contributed by atoms with van der Waals surface area (Å²) in [5.41, 5.74) is 2.51. The van der Waals surface area contributed by atoms with Crippen LogP contribution in [0.15, 0.2) is 47.7 Å². The van der Waals surface area contributed by atoms with Crippen LogP contribution in [-0.2, 0) is 33.6 Å². The number of aliphatic imine (C=N–C) groups is 1. The molecule has 1 atom stereocenters. The van der Waals surface area contributed by atoms with E-state index in [1.165, 1.54) is 11.1 Å². The fourth-order valence-electron chi connectivity index (χ4n) is 3.88. The Kier molecular flexibility index (Phi) is 6.11. The average Bonchev–Trinajstić information content (AvgIpc) is 3.46. The largest absolute Gasteiger partial charge is 0.349 e. The standard InChI is InChI=1S/C22H30N8/c1-17-26-27-21(29(17)3)14-24-22(23-12-18-7-5-4-6-8-18)30-10-9-19(16-30)11-20-13-25-28(2)15-20/h4-8,13,15,19H,9-12,14,16H2,1-3H3,(H,23,24). The van der Waals surface area contributed by atoms with Gasteiger partial charge < -0.3 is 14.8 Å². The second-order valence-corrected chi connectivity index (χ2v) is 8.03. The lowest BCUT2D eigenvalue weighted by atomic mass is 10.0. The van der Waals surface area contributed by atoms with Gasteiger partial charge in [-0.1, -0.05) is 30.3 Å². The molecule has 0 aliphatic carbocycles. The molecule has 3 heterocycles. The van der Waals surface area contributed by atoms with Gasteiger partial charge in [0.15, 0.2) is 11.8 Å². The molecule has 1 saturated heterocycles. The molecule has 158 valence electrons. The summed E-state index contributed by atoms with van der Waals surface area (Å²) < 4.78 is 3.89. The molecule has 8 nitrogen and oxygen atoms in total. The van der Waals surface area contributed by atoms with Crippen LogP contribution in [0.5, 0.6) is 0 Å². The Labute approximate surface area is 177 Å². The number of guanidine groups is 1. The van der Waals surface area contributed by atoms with Crippen molar-refractivity contribution in [2.75, 3.05) is 13.1 Å². The van der Waals surface area contributed by atoms with Crippen molar-refractivity contribution in [2.24, 2.45) is 25.0 Å².